The van der Waals surface area contributed by atoms with Gasteiger partial charge in [0, 0.05) is 31.4 Å². The Balaban J connectivity index is 1.77. The first kappa shape index (κ1) is 16.4. The molecule has 8 heteroatoms. The third-order valence-corrected chi connectivity index (χ3v) is 7.07. The minimum atomic E-state index is -3.53. The highest BCUT2D eigenvalue weighted by Crippen LogP contribution is 2.25. The van der Waals surface area contributed by atoms with Gasteiger partial charge in [-0.15, -0.1) is 10.2 Å². The van der Waals surface area contributed by atoms with E-state index in [1.165, 1.54) is 9.87 Å². The van der Waals surface area contributed by atoms with Crippen LogP contribution in [-0.2, 0) is 10.0 Å². The quantitative estimate of drug-likeness (QED) is 0.846. The highest BCUT2D eigenvalue weighted by Gasteiger charge is 2.34. The zero-order valence-electron chi connectivity index (χ0n) is 13.4. The summed E-state index contributed by atoms with van der Waals surface area (Å²) >= 11 is 1.12. The number of aromatic nitrogens is 2. The summed E-state index contributed by atoms with van der Waals surface area (Å²) in [5.74, 6) is 0. The molecule has 1 unspecified atom stereocenters. The van der Waals surface area contributed by atoms with Gasteiger partial charge in [0.15, 0.2) is 0 Å². The van der Waals surface area contributed by atoms with Crippen LogP contribution in [0.15, 0.2) is 28.6 Å². The van der Waals surface area contributed by atoms with Crippen molar-refractivity contribution in [2.45, 2.75) is 31.2 Å². The number of piperazine rings is 1. The number of anilines is 1. The van der Waals surface area contributed by atoms with Gasteiger partial charge in [0.25, 0.3) is 10.0 Å². The predicted octanol–water partition coefficient (Wildman–Crippen LogP) is 2.05. The molecular formula is C15H20N4O2S2. The van der Waals surface area contributed by atoms with Crippen molar-refractivity contribution in [1.82, 2.24) is 14.5 Å². The molecule has 1 fully saturated rings. The third-order valence-electron chi connectivity index (χ3n) is 4.02. The molecule has 1 saturated heterocycles. The van der Waals surface area contributed by atoms with Gasteiger partial charge in [-0.25, -0.2) is 8.42 Å². The van der Waals surface area contributed by atoms with Gasteiger partial charge >= 0.3 is 0 Å². The van der Waals surface area contributed by atoms with Crippen molar-refractivity contribution >= 4 is 27.0 Å². The molecule has 1 aliphatic rings. The van der Waals surface area contributed by atoms with Gasteiger partial charge < -0.3 is 4.90 Å². The molecular weight excluding hydrogens is 332 g/mol. The SMILES string of the molecule is Cc1ccc(N2CCN(S(=O)(=O)c3nnc(C)s3)CC2C)cc1. The van der Waals surface area contributed by atoms with Crippen LogP contribution < -0.4 is 4.90 Å². The minimum Gasteiger partial charge on any atom is -0.366 e. The molecule has 1 atom stereocenters. The number of hydrogen-bond acceptors (Lipinski definition) is 6. The second-order valence-corrected chi connectivity index (χ2v) is 9.12. The van der Waals surface area contributed by atoms with Crippen LogP contribution in [0.2, 0.25) is 0 Å². The molecule has 124 valence electrons. The molecule has 0 aliphatic carbocycles. The Morgan fingerprint density at radius 3 is 2.39 bits per heavy atom. The van der Waals surface area contributed by atoms with Crippen molar-refractivity contribution < 1.29 is 8.42 Å². The maximum Gasteiger partial charge on any atom is 0.272 e. The number of aryl methyl sites for hydroxylation is 2. The molecule has 3 rings (SSSR count). The molecule has 1 aromatic heterocycles. The largest absolute Gasteiger partial charge is 0.366 e. The summed E-state index contributed by atoms with van der Waals surface area (Å²) in [6, 6.07) is 8.44. The van der Waals surface area contributed by atoms with E-state index in [0.717, 1.165) is 17.0 Å². The Hall–Kier alpha value is -1.51. The molecule has 0 amide bonds. The average Bonchev–Trinajstić information content (AvgIpc) is 2.95. The summed E-state index contributed by atoms with van der Waals surface area (Å²) in [6.45, 7) is 7.44. The summed E-state index contributed by atoms with van der Waals surface area (Å²) in [4.78, 5) is 2.25. The summed E-state index contributed by atoms with van der Waals surface area (Å²) in [7, 11) is -3.53. The predicted molar refractivity (Wildman–Crippen MR) is 91.4 cm³/mol. The van der Waals surface area contributed by atoms with E-state index in [1.54, 1.807) is 6.92 Å². The van der Waals surface area contributed by atoms with E-state index < -0.39 is 10.0 Å². The van der Waals surface area contributed by atoms with Gasteiger partial charge in [-0.3, -0.25) is 0 Å². The Labute approximate surface area is 140 Å². The monoisotopic (exact) mass is 352 g/mol. The van der Waals surface area contributed by atoms with Crippen molar-refractivity contribution in [3.05, 3.63) is 34.8 Å². The van der Waals surface area contributed by atoms with Crippen LogP contribution in [0.3, 0.4) is 0 Å². The van der Waals surface area contributed by atoms with Crippen LogP contribution in [0.25, 0.3) is 0 Å². The summed E-state index contributed by atoms with van der Waals surface area (Å²) < 4.78 is 26.9. The fourth-order valence-electron chi connectivity index (χ4n) is 2.76. The zero-order chi connectivity index (χ0) is 16.6. The Bertz CT molecular complexity index is 786. The highest BCUT2D eigenvalue weighted by atomic mass is 32.2. The maximum absolute atomic E-state index is 12.6. The fourth-order valence-corrected chi connectivity index (χ4v) is 5.37. The van der Waals surface area contributed by atoms with E-state index in [4.69, 9.17) is 0 Å². The average molecular weight is 352 g/mol. The molecule has 0 spiro atoms. The van der Waals surface area contributed by atoms with E-state index in [9.17, 15) is 8.42 Å². The second-order valence-electron chi connectivity index (χ2n) is 5.83. The lowest BCUT2D eigenvalue weighted by Gasteiger charge is -2.40. The lowest BCUT2D eigenvalue weighted by molar-refractivity contribution is 0.342. The van der Waals surface area contributed by atoms with Crippen LogP contribution in [0, 0.1) is 13.8 Å². The van der Waals surface area contributed by atoms with Crippen LogP contribution in [0.1, 0.15) is 17.5 Å². The van der Waals surface area contributed by atoms with Gasteiger partial charge in [-0.05, 0) is 32.9 Å². The van der Waals surface area contributed by atoms with Gasteiger partial charge in [0.2, 0.25) is 4.34 Å². The summed E-state index contributed by atoms with van der Waals surface area (Å²) in [6.07, 6.45) is 0. The molecule has 0 saturated carbocycles. The van der Waals surface area contributed by atoms with Crippen molar-refractivity contribution in [3.8, 4) is 0 Å². The first-order chi connectivity index (χ1) is 10.9. The standard InChI is InChI=1S/C15H20N4O2S2/c1-11-4-6-14(7-5-11)19-9-8-18(10-12(19)2)23(20,21)15-17-16-13(3)22-15/h4-7,12H,8-10H2,1-3H3. The fraction of sp³-hybridized carbons (Fsp3) is 0.467. The Morgan fingerprint density at radius 1 is 1.13 bits per heavy atom. The van der Waals surface area contributed by atoms with Crippen LogP contribution in [0.5, 0.6) is 0 Å². The van der Waals surface area contributed by atoms with E-state index in [-0.39, 0.29) is 10.4 Å². The van der Waals surface area contributed by atoms with E-state index in [1.807, 2.05) is 6.92 Å². The first-order valence-corrected chi connectivity index (χ1v) is 9.77. The molecule has 2 heterocycles. The van der Waals surface area contributed by atoms with E-state index in [0.29, 0.717) is 24.6 Å². The van der Waals surface area contributed by atoms with Gasteiger partial charge in [-0.2, -0.15) is 4.31 Å². The normalized spacial score (nSPS) is 20.0. The number of rotatable bonds is 3. The minimum absolute atomic E-state index is 0.0889. The first-order valence-electron chi connectivity index (χ1n) is 7.51. The van der Waals surface area contributed by atoms with Crippen LogP contribution >= 0.6 is 11.3 Å². The second kappa shape index (κ2) is 6.18. The Kier molecular flexibility index (Phi) is 4.39. The summed E-state index contributed by atoms with van der Waals surface area (Å²) in [5, 5.41) is 8.28. The van der Waals surface area contributed by atoms with Crippen molar-refractivity contribution in [1.29, 1.82) is 0 Å². The van der Waals surface area contributed by atoms with Crippen LogP contribution in [-0.4, -0.2) is 48.6 Å². The highest BCUT2D eigenvalue weighted by molar-refractivity contribution is 7.91. The molecule has 6 nitrogen and oxygen atoms in total. The zero-order valence-corrected chi connectivity index (χ0v) is 15.1. The molecule has 23 heavy (non-hydrogen) atoms. The summed E-state index contributed by atoms with van der Waals surface area (Å²) in [5.41, 5.74) is 2.35. The van der Waals surface area contributed by atoms with Gasteiger partial charge in [0.05, 0.1) is 0 Å². The smallest absolute Gasteiger partial charge is 0.272 e. The molecule has 0 radical (unpaired) electrons. The molecule has 2 aromatic rings. The van der Waals surface area contributed by atoms with E-state index in [2.05, 4.69) is 46.3 Å². The molecule has 1 aromatic carbocycles. The lowest BCUT2D eigenvalue weighted by Crippen LogP contribution is -2.53. The topological polar surface area (TPSA) is 66.4 Å². The molecule has 0 bridgehead atoms. The number of hydrogen-bond donors (Lipinski definition) is 0. The van der Waals surface area contributed by atoms with Crippen molar-refractivity contribution in [3.63, 3.8) is 0 Å². The molecule has 1 aliphatic heterocycles. The van der Waals surface area contributed by atoms with Crippen molar-refractivity contribution in [2.75, 3.05) is 24.5 Å². The van der Waals surface area contributed by atoms with Crippen LogP contribution in [0.4, 0.5) is 5.69 Å². The maximum atomic E-state index is 12.6. The van der Waals surface area contributed by atoms with Gasteiger partial charge in [0.1, 0.15) is 5.01 Å². The van der Waals surface area contributed by atoms with Crippen molar-refractivity contribution in [2.24, 2.45) is 0 Å². The number of benzene rings is 1. The third kappa shape index (κ3) is 3.24. The van der Waals surface area contributed by atoms with E-state index >= 15 is 0 Å². The Morgan fingerprint density at radius 2 is 1.83 bits per heavy atom. The molecule has 0 N–H and O–H groups in total. The number of sulfonamides is 1. The number of nitrogens with zero attached hydrogens (tertiary/aromatic N) is 4. The van der Waals surface area contributed by atoms with Gasteiger partial charge in [-0.1, -0.05) is 29.0 Å². The lowest BCUT2D eigenvalue weighted by atomic mass is 10.1.